The third-order valence-corrected chi connectivity index (χ3v) is 5.85. The van der Waals surface area contributed by atoms with Crippen LogP contribution >= 0.6 is 0 Å². The number of hydrogen-bond donors (Lipinski definition) is 1. The fourth-order valence-corrected chi connectivity index (χ4v) is 3.99. The highest BCUT2D eigenvalue weighted by Gasteiger charge is 2.17. The summed E-state index contributed by atoms with van der Waals surface area (Å²) in [6, 6.07) is 0. The molecule has 2 aromatic heterocycles. The number of fused-ring (bicyclic) bond motifs is 1. The fourth-order valence-electron chi connectivity index (χ4n) is 3.99. The summed E-state index contributed by atoms with van der Waals surface area (Å²) in [5.74, 6) is -0.00996. The quantitative estimate of drug-likeness (QED) is 0.638. The number of nitrogens with zero attached hydrogens (tertiary/aromatic N) is 4. The van der Waals surface area contributed by atoms with Gasteiger partial charge in [0.25, 0.3) is 5.56 Å². The Morgan fingerprint density at radius 1 is 1.13 bits per heavy atom. The summed E-state index contributed by atoms with van der Waals surface area (Å²) in [7, 11) is 3.08. The van der Waals surface area contributed by atoms with Crippen LogP contribution < -0.4 is 16.6 Å². The number of nitrogens with one attached hydrogen (secondary N) is 1. The molecule has 1 N–H and O–H groups in total. The van der Waals surface area contributed by atoms with Gasteiger partial charge in [-0.1, -0.05) is 0 Å². The van der Waals surface area contributed by atoms with Crippen molar-refractivity contribution < 1.29 is 9.53 Å². The molecule has 9 heteroatoms. The van der Waals surface area contributed by atoms with Crippen molar-refractivity contribution in [1.29, 1.82) is 0 Å². The normalized spacial score (nSPS) is 14.9. The summed E-state index contributed by atoms with van der Waals surface area (Å²) >= 11 is 0. The molecule has 0 unspecified atom stereocenters. The average molecular weight is 418 g/mol. The van der Waals surface area contributed by atoms with Crippen molar-refractivity contribution in [3.63, 3.8) is 0 Å². The van der Waals surface area contributed by atoms with Crippen LogP contribution in [0, 0.1) is 13.8 Å². The molecule has 0 aromatic carbocycles. The van der Waals surface area contributed by atoms with E-state index in [1.807, 2.05) is 13.8 Å². The standard InChI is InChI=1S/C21H31N5O4/c1-14-16(6-7-17(27)22-8-5-9-26-10-12-30-13-11-26)15(2)23-19-18(14)20(28)25(4)21(29)24(19)3/h5-13H2,1-4H3,(H,22,27). The highest BCUT2D eigenvalue weighted by Crippen LogP contribution is 2.20. The van der Waals surface area contributed by atoms with E-state index in [0.717, 1.165) is 60.7 Å². The highest BCUT2D eigenvalue weighted by atomic mass is 16.5. The third-order valence-electron chi connectivity index (χ3n) is 5.85. The molecule has 0 saturated carbocycles. The van der Waals surface area contributed by atoms with Crippen molar-refractivity contribution in [3.8, 4) is 0 Å². The van der Waals surface area contributed by atoms with Gasteiger partial charge in [-0.25, -0.2) is 9.78 Å². The summed E-state index contributed by atoms with van der Waals surface area (Å²) in [5, 5.41) is 3.41. The number of carbonyl (C=O) groups excluding carboxylic acids is 1. The zero-order valence-electron chi connectivity index (χ0n) is 18.3. The van der Waals surface area contributed by atoms with Crippen LogP contribution in [0.1, 0.15) is 29.7 Å². The molecule has 1 saturated heterocycles. The van der Waals surface area contributed by atoms with Gasteiger partial charge in [0.15, 0.2) is 0 Å². The molecule has 1 amide bonds. The van der Waals surface area contributed by atoms with Gasteiger partial charge in [-0.05, 0) is 44.4 Å². The van der Waals surface area contributed by atoms with E-state index >= 15 is 0 Å². The molecule has 2 aromatic rings. The Kier molecular flexibility index (Phi) is 7.04. The number of morpholine rings is 1. The smallest absolute Gasteiger partial charge is 0.332 e. The Hall–Kier alpha value is -2.52. The molecule has 0 radical (unpaired) electrons. The molecule has 164 valence electrons. The second-order valence-electron chi connectivity index (χ2n) is 7.86. The summed E-state index contributed by atoms with van der Waals surface area (Å²) in [4.78, 5) is 44.0. The van der Waals surface area contributed by atoms with E-state index < -0.39 is 5.69 Å². The number of pyridine rings is 1. The Morgan fingerprint density at radius 2 is 1.83 bits per heavy atom. The van der Waals surface area contributed by atoms with Crippen LogP contribution in [0.2, 0.25) is 0 Å². The van der Waals surface area contributed by atoms with Crippen molar-refractivity contribution in [2.45, 2.75) is 33.1 Å². The Bertz CT molecular complexity index is 1050. The Morgan fingerprint density at radius 3 is 2.53 bits per heavy atom. The maximum Gasteiger partial charge on any atom is 0.332 e. The molecule has 1 fully saturated rings. The van der Waals surface area contributed by atoms with Gasteiger partial charge < -0.3 is 10.1 Å². The maximum absolute atomic E-state index is 12.6. The predicted octanol–water partition coefficient (Wildman–Crippen LogP) is 0.0201. The number of rotatable bonds is 7. The summed E-state index contributed by atoms with van der Waals surface area (Å²) in [5.41, 5.74) is 2.04. The molecule has 0 bridgehead atoms. The Balaban J connectivity index is 1.63. The van der Waals surface area contributed by atoms with Crippen molar-refractivity contribution in [1.82, 2.24) is 24.3 Å². The molecule has 1 aliphatic rings. The first kappa shape index (κ1) is 22.2. The van der Waals surface area contributed by atoms with Crippen molar-refractivity contribution >= 4 is 16.9 Å². The van der Waals surface area contributed by atoms with Crippen LogP contribution in [-0.4, -0.2) is 64.3 Å². The van der Waals surface area contributed by atoms with E-state index in [0.29, 0.717) is 30.4 Å². The fraction of sp³-hybridized carbons (Fsp3) is 0.619. The zero-order chi connectivity index (χ0) is 21.8. The molecule has 3 heterocycles. The largest absolute Gasteiger partial charge is 0.379 e. The van der Waals surface area contributed by atoms with Gasteiger partial charge in [0, 0.05) is 45.8 Å². The van der Waals surface area contributed by atoms with Crippen molar-refractivity contribution in [3.05, 3.63) is 37.7 Å². The van der Waals surface area contributed by atoms with Crippen LogP contribution in [0.3, 0.4) is 0 Å². The van der Waals surface area contributed by atoms with Crippen LogP contribution in [0.25, 0.3) is 11.0 Å². The SMILES string of the molecule is Cc1nc2c(c(C)c1CCC(=O)NCCCN1CCOCC1)c(=O)n(C)c(=O)n2C. The molecular weight excluding hydrogens is 386 g/mol. The van der Waals surface area contributed by atoms with E-state index in [2.05, 4.69) is 15.2 Å². The third kappa shape index (κ3) is 4.62. The van der Waals surface area contributed by atoms with Gasteiger partial charge in [-0.15, -0.1) is 0 Å². The molecule has 30 heavy (non-hydrogen) atoms. The number of hydrogen-bond acceptors (Lipinski definition) is 6. The minimum atomic E-state index is -0.400. The molecule has 0 atom stereocenters. The topological polar surface area (TPSA) is 98.5 Å². The molecular formula is C21H31N5O4. The number of amides is 1. The van der Waals surface area contributed by atoms with Crippen LogP contribution in [0.5, 0.6) is 0 Å². The van der Waals surface area contributed by atoms with Crippen LogP contribution in [-0.2, 0) is 30.0 Å². The van der Waals surface area contributed by atoms with E-state index in [-0.39, 0.29) is 11.5 Å². The predicted molar refractivity (Wildman–Crippen MR) is 115 cm³/mol. The number of carbonyl (C=O) groups is 1. The van der Waals surface area contributed by atoms with Crippen LogP contribution in [0.4, 0.5) is 0 Å². The van der Waals surface area contributed by atoms with Gasteiger partial charge in [-0.2, -0.15) is 0 Å². The Labute approximate surface area is 175 Å². The zero-order valence-corrected chi connectivity index (χ0v) is 18.3. The van der Waals surface area contributed by atoms with E-state index in [4.69, 9.17) is 4.74 Å². The molecule has 9 nitrogen and oxygen atoms in total. The average Bonchev–Trinajstić information content (AvgIpc) is 2.74. The van der Waals surface area contributed by atoms with E-state index in [1.54, 1.807) is 7.05 Å². The first-order chi connectivity index (χ1) is 14.3. The lowest BCUT2D eigenvalue weighted by Crippen LogP contribution is -2.38. The number of aryl methyl sites for hydroxylation is 3. The summed E-state index contributed by atoms with van der Waals surface area (Å²) in [6.45, 7) is 8.77. The lowest BCUT2D eigenvalue weighted by atomic mass is 10.00. The minimum absolute atomic E-state index is 0.00996. The van der Waals surface area contributed by atoms with Gasteiger partial charge in [0.2, 0.25) is 5.91 Å². The van der Waals surface area contributed by atoms with Crippen molar-refractivity contribution in [2.75, 3.05) is 39.4 Å². The van der Waals surface area contributed by atoms with E-state index in [1.165, 1.54) is 11.6 Å². The number of aromatic nitrogens is 3. The maximum atomic E-state index is 12.6. The summed E-state index contributed by atoms with van der Waals surface area (Å²) in [6.07, 6.45) is 1.74. The van der Waals surface area contributed by atoms with Gasteiger partial charge in [0.1, 0.15) is 5.65 Å². The molecule has 3 rings (SSSR count). The first-order valence-corrected chi connectivity index (χ1v) is 10.4. The lowest BCUT2D eigenvalue weighted by Gasteiger charge is -2.26. The molecule has 1 aliphatic heterocycles. The summed E-state index contributed by atoms with van der Waals surface area (Å²) < 4.78 is 7.82. The monoisotopic (exact) mass is 417 g/mol. The lowest BCUT2D eigenvalue weighted by molar-refractivity contribution is -0.121. The van der Waals surface area contributed by atoms with Crippen molar-refractivity contribution in [2.24, 2.45) is 14.1 Å². The van der Waals surface area contributed by atoms with Gasteiger partial charge >= 0.3 is 5.69 Å². The first-order valence-electron chi connectivity index (χ1n) is 10.4. The number of ether oxygens (including phenoxy) is 1. The highest BCUT2D eigenvalue weighted by molar-refractivity contribution is 5.80. The minimum Gasteiger partial charge on any atom is -0.379 e. The van der Waals surface area contributed by atoms with Gasteiger partial charge in [-0.3, -0.25) is 23.6 Å². The second kappa shape index (κ2) is 9.53. The second-order valence-corrected chi connectivity index (χ2v) is 7.86. The molecule has 0 aliphatic carbocycles. The molecule has 0 spiro atoms. The van der Waals surface area contributed by atoms with E-state index in [9.17, 15) is 14.4 Å². The van der Waals surface area contributed by atoms with Crippen LogP contribution in [0.15, 0.2) is 9.59 Å². The van der Waals surface area contributed by atoms with Gasteiger partial charge in [0.05, 0.1) is 18.6 Å².